The third kappa shape index (κ3) is 4.04. The molecule has 2 aromatic rings. The molecule has 1 aromatic carbocycles. The summed E-state index contributed by atoms with van der Waals surface area (Å²) in [6.45, 7) is 0.613. The Hall–Kier alpha value is -1.40. The summed E-state index contributed by atoms with van der Waals surface area (Å²) in [6, 6.07) is 8.76. The first-order valence-electron chi connectivity index (χ1n) is 5.58. The monoisotopic (exact) mass is 340 g/mol. The number of hydrogen-bond acceptors (Lipinski definition) is 4. The molecule has 19 heavy (non-hydrogen) atoms. The van der Waals surface area contributed by atoms with Crippen LogP contribution >= 0.6 is 15.9 Å². The molecule has 1 aromatic heterocycles. The molecule has 0 aliphatic rings. The minimum atomic E-state index is -3.13. The van der Waals surface area contributed by atoms with Crippen molar-refractivity contribution in [2.45, 2.75) is 11.4 Å². The molecule has 0 saturated heterocycles. The average molecular weight is 341 g/mol. The third-order valence-electron chi connectivity index (χ3n) is 2.55. The van der Waals surface area contributed by atoms with E-state index in [0.717, 1.165) is 15.7 Å². The molecule has 1 N–H and O–H groups in total. The van der Waals surface area contributed by atoms with Gasteiger partial charge in [0.25, 0.3) is 0 Å². The number of halogens is 1. The van der Waals surface area contributed by atoms with E-state index in [1.54, 1.807) is 36.7 Å². The van der Waals surface area contributed by atoms with Gasteiger partial charge in [-0.3, -0.25) is 4.98 Å². The largest absolute Gasteiger partial charge is 0.380 e. The molecule has 0 saturated carbocycles. The van der Waals surface area contributed by atoms with Gasteiger partial charge in [0.15, 0.2) is 9.84 Å². The van der Waals surface area contributed by atoms with Crippen LogP contribution < -0.4 is 5.32 Å². The Morgan fingerprint density at radius 1 is 1.21 bits per heavy atom. The van der Waals surface area contributed by atoms with Crippen molar-refractivity contribution in [3.8, 4) is 0 Å². The second kappa shape index (κ2) is 5.71. The van der Waals surface area contributed by atoms with Crippen LogP contribution in [0, 0.1) is 0 Å². The van der Waals surface area contributed by atoms with Gasteiger partial charge in [-0.1, -0.05) is 12.1 Å². The van der Waals surface area contributed by atoms with Crippen LogP contribution in [-0.2, 0) is 16.4 Å². The summed E-state index contributed by atoms with van der Waals surface area (Å²) in [5.74, 6) is 0. The highest BCUT2D eigenvalue weighted by Gasteiger charge is 2.05. The number of nitrogens with one attached hydrogen (secondary N) is 1. The molecular formula is C13H13BrN2O2S. The maximum Gasteiger partial charge on any atom is 0.175 e. The van der Waals surface area contributed by atoms with Gasteiger partial charge in [-0.2, -0.15) is 0 Å². The number of anilines is 1. The molecule has 0 spiro atoms. The number of benzene rings is 1. The number of nitrogens with zero attached hydrogens (tertiary/aromatic N) is 1. The Bertz CT molecular complexity index is 669. The molecule has 0 radical (unpaired) electrons. The summed E-state index contributed by atoms with van der Waals surface area (Å²) in [5, 5.41) is 3.22. The lowest BCUT2D eigenvalue weighted by Crippen LogP contribution is -2.01. The third-order valence-corrected chi connectivity index (χ3v) is 4.12. The lowest BCUT2D eigenvalue weighted by Gasteiger charge is -2.07. The van der Waals surface area contributed by atoms with E-state index < -0.39 is 9.84 Å². The van der Waals surface area contributed by atoms with Crippen molar-refractivity contribution in [2.24, 2.45) is 0 Å². The summed E-state index contributed by atoms with van der Waals surface area (Å²) in [6.07, 6.45) is 4.65. The molecule has 0 aliphatic heterocycles. The van der Waals surface area contributed by atoms with E-state index in [9.17, 15) is 8.42 Å². The van der Waals surface area contributed by atoms with Crippen LogP contribution in [0.25, 0.3) is 0 Å². The van der Waals surface area contributed by atoms with Crippen molar-refractivity contribution in [3.05, 3.63) is 52.8 Å². The van der Waals surface area contributed by atoms with Crippen LogP contribution in [0.5, 0.6) is 0 Å². The fraction of sp³-hybridized carbons (Fsp3) is 0.154. The van der Waals surface area contributed by atoms with E-state index >= 15 is 0 Å². The second-order valence-electron chi connectivity index (χ2n) is 4.16. The minimum absolute atomic E-state index is 0.334. The van der Waals surface area contributed by atoms with Gasteiger partial charge in [0.1, 0.15) is 0 Å². The summed E-state index contributed by atoms with van der Waals surface area (Å²) in [7, 11) is -3.13. The molecule has 0 amide bonds. The summed E-state index contributed by atoms with van der Waals surface area (Å²) >= 11 is 3.35. The SMILES string of the molecule is CS(=O)(=O)c1ccc(CNc2cncc(Br)c2)cc1. The smallest absolute Gasteiger partial charge is 0.175 e. The Kier molecular flexibility index (Phi) is 4.21. The summed E-state index contributed by atoms with van der Waals surface area (Å²) in [5.41, 5.74) is 1.91. The second-order valence-corrected chi connectivity index (χ2v) is 7.09. The Labute approximate surface area is 120 Å². The van der Waals surface area contributed by atoms with Crippen molar-refractivity contribution >= 4 is 31.5 Å². The first kappa shape index (κ1) is 14.0. The van der Waals surface area contributed by atoms with Crippen molar-refractivity contribution in [1.29, 1.82) is 0 Å². The highest BCUT2D eigenvalue weighted by molar-refractivity contribution is 9.10. The first-order valence-corrected chi connectivity index (χ1v) is 8.27. The lowest BCUT2D eigenvalue weighted by molar-refractivity contribution is 0.602. The van der Waals surface area contributed by atoms with Gasteiger partial charge < -0.3 is 5.32 Å². The number of rotatable bonds is 4. The molecule has 0 fully saturated rings. The van der Waals surface area contributed by atoms with Gasteiger partial charge in [0, 0.05) is 23.5 Å². The molecule has 0 unspecified atom stereocenters. The van der Waals surface area contributed by atoms with Crippen LogP contribution in [0.15, 0.2) is 52.1 Å². The zero-order chi connectivity index (χ0) is 13.9. The molecular weight excluding hydrogens is 328 g/mol. The number of pyridine rings is 1. The fourth-order valence-corrected chi connectivity index (χ4v) is 2.56. The van der Waals surface area contributed by atoms with E-state index in [2.05, 4.69) is 26.2 Å². The van der Waals surface area contributed by atoms with Crippen LogP contribution in [0.4, 0.5) is 5.69 Å². The highest BCUT2D eigenvalue weighted by atomic mass is 79.9. The molecule has 1 heterocycles. The molecule has 4 nitrogen and oxygen atoms in total. The standard InChI is InChI=1S/C13H13BrN2O2S/c1-19(17,18)13-4-2-10(3-5-13)7-16-12-6-11(14)8-15-9-12/h2-6,8-9,16H,7H2,1H3. The Morgan fingerprint density at radius 3 is 2.47 bits per heavy atom. The van der Waals surface area contributed by atoms with Crippen molar-refractivity contribution in [3.63, 3.8) is 0 Å². The molecule has 0 aliphatic carbocycles. The topological polar surface area (TPSA) is 59.1 Å². The summed E-state index contributed by atoms with van der Waals surface area (Å²) in [4.78, 5) is 4.39. The molecule has 0 bridgehead atoms. The van der Waals surface area contributed by atoms with Gasteiger partial charge in [0.2, 0.25) is 0 Å². The predicted molar refractivity (Wildman–Crippen MR) is 78.8 cm³/mol. The van der Waals surface area contributed by atoms with Gasteiger partial charge >= 0.3 is 0 Å². The van der Waals surface area contributed by atoms with Crippen LogP contribution in [-0.4, -0.2) is 19.7 Å². The Balaban J connectivity index is 2.05. The minimum Gasteiger partial charge on any atom is -0.380 e. The summed E-state index contributed by atoms with van der Waals surface area (Å²) < 4.78 is 23.6. The van der Waals surface area contributed by atoms with Gasteiger partial charge in [0.05, 0.1) is 16.8 Å². The van der Waals surface area contributed by atoms with E-state index in [-0.39, 0.29) is 0 Å². The molecule has 2 rings (SSSR count). The van der Waals surface area contributed by atoms with E-state index in [0.29, 0.717) is 11.4 Å². The Morgan fingerprint density at radius 2 is 1.89 bits per heavy atom. The number of hydrogen-bond donors (Lipinski definition) is 1. The molecule has 6 heteroatoms. The van der Waals surface area contributed by atoms with Crippen molar-refractivity contribution in [2.75, 3.05) is 11.6 Å². The fourth-order valence-electron chi connectivity index (χ4n) is 1.57. The predicted octanol–water partition coefficient (Wildman–Crippen LogP) is 2.86. The zero-order valence-electron chi connectivity index (χ0n) is 10.3. The molecule has 100 valence electrons. The maximum absolute atomic E-state index is 11.3. The van der Waals surface area contributed by atoms with Crippen molar-refractivity contribution < 1.29 is 8.42 Å². The number of sulfone groups is 1. The van der Waals surface area contributed by atoms with Crippen LogP contribution in [0.1, 0.15) is 5.56 Å². The van der Waals surface area contributed by atoms with Gasteiger partial charge in [-0.05, 0) is 39.7 Å². The quantitative estimate of drug-likeness (QED) is 0.929. The van der Waals surface area contributed by atoms with Crippen LogP contribution in [0.2, 0.25) is 0 Å². The lowest BCUT2D eigenvalue weighted by atomic mass is 10.2. The van der Waals surface area contributed by atoms with E-state index in [4.69, 9.17) is 0 Å². The highest BCUT2D eigenvalue weighted by Crippen LogP contribution is 2.15. The van der Waals surface area contributed by atoms with E-state index in [1.165, 1.54) is 6.26 Å². The van der Waals surface area contributed by atoms with Crippen molar-refractivity contribution in [1.82, 2.24) is 4.98 Å². The zero-order valence-corrected chi connectivity index (χ0v) is 12.7. The van der Waals surface area contributed by atoms with Gasteiger partial charge in [-0.25, -0.2) is 8.42 Å². The normalized spacial score (nSPS) is 11.3. The average Bonchev–Trinajstić information content (AvgIpc) is 2.36. The number of aromatic nitrogens is 1. The van der Waals surface area contributed by atoms with Gasteiger partial charge in [-0.15, -0.1) is 0 Å². The van der Waals surface area contributed by atoms with E-state index in [1.807, 2.05) is 6.07 Å². The molecule has 0 atom stereocenters. The van der Waals surface area contributed by atoms with Crippen LogP contribution in [0.3, 0.4) is 0 Å². The maximum atomic E-state index is 11.3. The first-order chi connectivity index (χ1) is 8.95.